The van der Waals surface area contributed by atoms with Crippen LogP contribution in [0.25, 0.3) is 0 Å². The maximum atomic E-state index is 13.6. The van der Waals surface area contributed by atoms with E-state index in [0.717, 1.165) is 32.1 Å². The van der Waals surface area contributed by atoms with Crippen molar-refractivity contribution >= 4 is 23.4 Å². The summed E-state index contributed by atoms with van der Waals surface area (Å²) in [5, 5.41) is 3.16. The van der Waals surface area contributed by atoms with Crippen molar-refractivity contribution in [3.63, 3.8) is 0 Å². The Balaban J connectivity index is 1.97. The van der Waals surface area contributed by atoms with Gasteiger partial charge in [0.05, 0.1) is 26.5 Å². The first-order valence-electron chi connectivity index (χ1n) is 11.6. The normalized spacial score (nSPS) is 15.0. The van der Waals surface area contributed by atoms with E-state index < -0.39 is 6.04 Å². The van der Waals surface area contributed by atoms with E-state index >= 15 is 0 Å². The van der Waals surface area contributed by atoms with Gasteiger partial charge in [0.15, 0.2) is 11.5 Å². The number of halogens is 1. The standard InChI is InChI=1S/C25H33ClN2O5/c1-3-13-33-21-12-11-18(15-22(21)31-2)24(25(30)27-19-8-5-4-6-9-19)28(23(29)16-26)17-20-10-7-14-32-20/h7,10-12,14-15,19,24H,3-6,8-9,13,16-17H2,1-2H3,(H,27,30). The maximum absolute atomic E-state index is 13.6. The lowest BCUT2D eigenvalue weighted by Gasteiger charge is -2.33. The van der Waals surface area contributed by atoms with Crippen LogP contribution in [-0.4, -0.2) is 42.4 Å². The molecule has 0 spiro atoms. The molecule has 7 nitrogen and oxygen atoms in total. The van der Waals surface area contributed by atoms with Gasteiger partial charge in [-0.25, -0.2) is 0 Å². The summed E-state index contributed by atoms with van der Waals surface area (Å²) in [5.41, 5.74) is 0.619. The second kappa shape index (κ2) is 12.5. The number of hydrogen-bond acceptors (Lipinski definition) is 5. The largest absolute Gasteiger partial charge is 0.493 e. The number of ether oxygens (including phenoxy) is 2. The van der Waals surface area contributed by atoms with Crippen LogP contribution in [0.5, 0.6) is 11.5 Å². The van der Waals surface area contributed by atoms with Crippen molar-refractivity contribution in [2.45, 2.75) is 64.1 Å². The molecule has 1 aliphatic carbocycles. The Bertz CT molecular complexity index is 896. The average Bonchev–Trinajstić information content (AvgIpc) is 3.36. The SMILES string of the molecule is CCCOc1ccc(C(C(=O)NC2CCCCC2)N(Cc2ccco2)C(=O)CCl)cc1OC. The topological polar surface area (TPSA) is 81.0 Å². The molecule has 8 heteroatoms. The van der Waals surface area contributed by atoms with Crippen LogP contribution in [0.3, 0.4) is 0 Å². The summed E-state index contributed by atoms with van der Waals surface area (Å²) in [6.07, 6.45) is 7.63. The van der Waals surface area contributed by atoms with Crippen molar-refractivity contribution in [2.24, 2.45) is 0 Å². The van der Waals surface area contributed by atoms with E-state index in [2.05, 4.69) is 5.32 Å². The van der Waals surface area contributed by atoms with Gasteiger partial charge in [0.2, 0.25) is 11.8 Å². The molecular weight excluding hydrogens is 444 g/mol. The number of alkyl halides is 1. The molecule has 1 unspecified atom stereocenters. The van der Waals surface area contributed by atoms with E-state index in [9.17, 15) is 9.59 Å². The van der Waals surface area contributed by atoms with Gasteiger partial charge in [0, 0.05) is 6.04 Å². The monoisotopic (exact) mass is 476 g/mol. The number of carbonyl (C=O) groups is 2. The van der Waals surface area contributed by atoms with Crippen molar-refractivity contribution in [2.75, 3.05) is 19.6 Å². The molecule has 180 valence electrons. The third kappa shape index (κ3) is 6.67. The number of amides is 2. The number of hydrogen-bond donors (Lipinski definition) is 1. The van der Waals surface area contributed by atoms with Gasteiger partial charge in [0.1, 0.15) is 17.7 Å². The molecule has 0 aliphatic heterocycles. The van der Waals surface area contributed by atoms with Crippen molar-refractivity contribution in [1.82, 2.24) is 10.2 Å². The van der Waals surface area contributed by atoms with E-state index in [0.29, 0.717) is 29.4 Å². The first-order valence-corrected chi connectivity index (χ1v) is 12.1. The van der Waals surface area contributed by atoms with Gasteiger partial charge in [-0.1, -0.05) is 32.3 Å². The third-order valence-corrected chi connectivity index (χ3v) is 6.05. The van der Waals surface area contributed by atoms with E-state index in [4.69, 9.17) is 25.5 Å². The molecule has 1 aromatic heterocycles. The molecule has 0 radical (unpaired) electrons. The molecule has 1 heterocycles. The minimum atomic E-state index is -0.891. The summed E-state index contributed by atoms with van der Waals surface area (Å²) in [6.45, 7) is 2.70. The van der Waals surface area contributed by atoms with Gasteiger partial charge in [-0.3, -0.25) is 9.59 Å². The molecular formula is C25H33ClN2O5. The zero-order valence-corrected chi connectivity index (χ0v) is 20.1. The molecule has 2 amide bonds. The smallest absolute Gasteiger partial charge is 0.247 e. The predicted octanol–water partition coefficient (Wildman–Crippen LogP) is 4.83. The molecule has 33 heavy (non-hydrogen) atoms. The molecule has 2 aromatic rings. The highest BCUT2D eigenvalue weighted by atomic mass is 35.5. The Morgan fingerprint density at radius 3 is 2.64 bits per heavy atom. The Hall–Kier alpha value is -2.67. The van der Waals surface area contributed by atoms with Crippen LogP contribution >= 0.6 is 11.6 Å². The van der Waals surface area contributed by atoms with Gasteiger partial charge in [-0.2, -0.15) is 0 Å². The molecule has 0 saturated heterocycles. The van der Waals surface area contributed by atoms with Gasteiger partial charge in [-0.05, 0) is 49.1 Å². The molecule has 1 fully saturated rings. The number of nitrogens with one attached hydrogen (secondary N) is 1. The fourth-order valence-corrected chi connectivity index (χ4v) is 4.31. The van der Waals surface area contributed by atoms with Crippen molar-refractivity contribution in [3.05, 3.63) is 47.9 Å². The van der Waals surface area contributed by atoms with Crippen molar-refractivity contribution in [1.29, 1.82) is 0 Å². The first kappa shape index (κ1) is 25.0. The summed E-state index contributed by atoms with van der Waals surface area (Å²) in [6, 6.07) is 8.06. The van der Waals surface area contributed by atoms with Crippen LogP contribution in [0.4, 0.5) is 0 Å². The number of nitrogens with zero attached hydrogens (tertiary/aromatic N) is 1. The molecule has 1 atom stereocenters. The zero-order valence-electron chi connectivity index (χ0n) is 19.3. The minimum Gasteiger partial charge on any atom is -0.493 e. The molecule has 1 saturated carbocycles. The summed E-state index contributed by atoms with van der Waals surface area (Å²) >= 11 is 5.96. The lowest BCUT2D eigenvalue weighted by atomic mass is 9.94. The van der Waals surface area contributed by atoms with Crippen LogP contribution < -0.4 is 14.8 Å². The summed E-state index contributed by atoms with van der Waals surface area (Å²) < 4.78 is 16.8. The Morgan fingerprint density at radius 2 is 2.00 bits per heavy atom. The second-order valence-electron chi connectivity index (χ2n) is 8.24. The van der Waals surface area contributed by atoms with Gasteiger partial charge >= 0.3 is 0 Å². The maximum Gasteiger partial charge on any atom is 0.247 e. The molecule has 0 bridgehead atoms. The van der Waals surface area contributed by atoms with E-state index in [1.165, 1.54) is 11.3 Å². The molecule has 1 aliphatic rings. The number of benzene rings is 1. The first-order chi connectivity index (χ1) is 16.1. The summed E-state index contributed by atoms with van der Waals surface area (Å²) in [5.74, 6) is 0.823. The number of furan rings is 1. The quantitative estimate of drug-likeness (QED) is 0.469. The van der Waals surface area contributed by atoms with Crippen LogP contribution in [0.2, 0.25) is 0 Å². The Kier molecular flexibility index (Phi) is 9.48. The van der Waals surface area contributed by atoms with Crippen LogP contribution in [0, 0.1) is 0 Å². The molecule has 1 N–H and O–H groups in total. The number of carbonyl (C=O) groups excluding carboxylic acids is 2. The van der Waals surface area contributed by atoms with Crippen LogP contribution in [-0.2, 0) is 16.1 Å². The lowest BCUT2D eigenvalue weighted by Crippen LogP contribution is -2.47. The summed E-state index contributed by atoms with van der Waals surface area (Å²) in [7, 11) is 1.56. The number of methoxy groups -OCH3 is 1. The van der Waals surface area contributed by atoms with Crippen LogP contribution in [0.15, 0.2) is 41.0 Å². The third-order valence-electron chi connectivity index (χ3n) is 5.82. The minimum absolute atomic E-state index is 0.0966. The molecule has 1 aromatic carbocycles. The average molecular weight is 477 g/mol. The second-order valence-corrected chi connectivity index (χ2v) is 8.51. The Labute approximate surface area is 200 Å². The van der Waals surface area contributed by atoms with Gasteiger partial charge in [-0.15, -0.1) is 11.6 Å². The number of rotatable bonds is 11. The van der Waals surface area contributed by atoms with E-state index in [1.54, 1.807) is 43.7 Å². The lowest BCUT2D eigenvalue weighted by molar-refractivity contribution is -0.140. The van der Waals surface area contributed by atoms with E-state index in [1.807, 2.05) is 6.92 Å². The van der Waals surface area contributed by atoms with Crippen LogP contribution in [0.1, 0.15) is 62.8 Å². The van der Waals surface area contributed by atoms with E-state index in [-0.39, 0.29) is 30.3 Å². The predicted molar refractivity (Wildman–Crippen MR) is 127 cm³/mol. The summed E-state index contributed by atoms with van der Waals surface area (Å²) in [4.78, 5) is 28.0. The highest BCUT2D eigenvalue weighted by Gasteiger charge is 2.33. The van der Waals surface area contributed by atoms with Gasteiger partial charge in [0.25, 0.3) is 0 Å². The van der Waals surface area contributed by atoms with Crippen molar-refractivity contribution < 1.29 is 23.5 Å². The Morgan fingerprint density at radius 1 is 1.21 bits per heavy atom. The van der Waals surface area contributed by atoms with Gasteiger partial charge < -0.3 is 24.1 Å². The fraction of sp³-hybridized carbons (Fsp3) is 0.520. The highest BCUT2D eigenvalue weighted by Crippen LogP contribution is 2.34. The highest BCUT2D eigenvalue weighted by molar-refractivity contribution is 6.27. The zero-order chi connectivity index (χ0) is 23.6. The fourth-order valence-electron chi connectivity index (χ4n) is 4.16. The molecule has 3 rings (SSSR count). The van der Waals surface area contributed by atoms with Crippen molar-refractivity contribution in [3.8, 4) is 11.5 Å².